The summed E-state index contributed by atoms with van der Waals surface area (Å²) in [5, 5.41) is 8.32. The van der Waals surface area contributed by atoms with Crippen molar-refractivity contribution < 1.29 is 8.81 Å². The zero-order valence-electron chi connectivity index (χ0n) is 24.7. The molecule has 0 radical (unpaired) electrons. The molecule has 0 saturated carbocycles. The Morgan fingerprint density at radius 2 is 1.23 bits per heavy atom. The summed E-state index contributed by atoms with van der Waals surface area (Å²) in [5.41, 5.74) is 8.76. The highest BCUT2D eigenvalue weighted by atomic mass is 32.1. The molecule has 0 spiro atoms. The molecule has 1 N–H and O–H groups in total. The lowest BCUT2D eigenvalue weighted by molar-refractivity contribution is 0.591. The van der Waals surface area contributed by atoms with Crippen molar-refractivity contribution in [1.82, 2.24) is 0 Å². The van der Waals surface area contributed by atoms with E-state index in [4.69, 9.17) is 4.42 Å². The van der Waals surface area contributed by atoms with E-state index in [1.165, 1.54) is 31.8 Å². The van der Waals surface area contributed by atoms with E-state index in [9.17, 15) is 4.39 Å². The van der Waals surface area contributed by atoms with Crippen molar-refractivity contribution in [3.05, 3.63) is 133 Å². The van der Waals surface area contributed by atoms with Crippen molar-refractivity contribution in [3.63, 3.8) is 0 Å². The lowest BCUT2D eigenvalue weighted by Crippen LogP contribution is -2.12. The highest BCUT2D eigenvalue weighted by Gasteiger charge is 2.24. The number of fused-ring (bicyclic) bond motifs is 6. The topological polar surface area (TPSA) is 25.2 Å². The summed E-state index contributed by atoms with van der Waals surface area (Å²) in [6.07, 6.45) is 0. The SMILES string of the molecule is CC(C)(C)c1cc(-c2cccc3oc4ccccc4c23)c(Nc2cccc(F)c2)c(-c2cccc3sc4ccccc4c23)c1. The summed E-state index contributed by atoms with van der Waals surface area (Å²) in [6.45, 7) is 6.76. The van der Waals surface area contributed by atoms with Gasteiger partial charge in [0.2, 0.25) is 0 Å². The van der Waals surface area contributed by atoms with Gasteiger partial charge >= 0.3 is 0 Å². The normalized spacial score (nSPS) is 12.1. The van der Waals surface area contributed by atoms with Gasteiger partial charge in [-0.05, 0) is 76.7 Å². The molecule has 214 valence electrons. The third-order valence-electron chi connectivity index (χ3n) is 8.48. The predicted octanol–water partition coefficient (Wildman–Crippen LogP) is 12.5. The van der Waals surface area contributed by atoms with Gasteiger partial charge in [-0.15, -0.1) is 11.3 Å². The van der Waals surface area contributed by atoms with E-state index in [0.717, 1.165) is 49.9 Å². The maximum Gasteiger partial charge on any atom is 0.136 e. The molecule has 2 heterocycles. The number of para-hydroxylation sites is 1. The van der Waals surface area contributed by atoms with Gasteiger partial charge < -0.3 is 9.73 Å². The number of furan rings is 1. The van der Waals surface area contributed by atoms with Crippen LogP contribution in [0.3, 0.4) is 0 Å². The number of rotatable bonds is 4. The average molecular weight is 592 g/mol. The third kappa shape index (κ3) is 4.37. The Balaban J connectivity index is 1.53. The quantitative estimate of drug-likeness (QED) is 0.220. The summed E-state index contributed by atoms with van der Waals surface area (Å²) in [7, 11) is 0. The minimum absolute atomic E-state index is 0.127. The molecule has 8 aromatic rings. The van der Waals surface area contributed by atoms with Gasteiger partial charge in [0.05, 0.1) is 5.69 Å². The second-order valence-corrected chi connectivity index (χ2v) is 13.5. The largest absolute Gasteiger partial charge is 0.456 e. The molecule has 2 aromatic heterocycles. The minimum Gasteiger partial charge on any atom is -0.456 e. The summed E-state index contributed by atoms with van der Waals surface area (Å²) < 4.78 is 23.4. The predicted molar refractivity (Wildman–Crippen MR) is 186 cm³/mol. The first-order valence-corrected chi connectivity index (χ1v) is 15.7. The van der Waals surface area contributed by atoms with E-state index in [2.05, 4.69) is 105 Å². The lowest BCUT2D eigenvalue weighted by Gasteiger charge is -2.26. The van der Waals surface area contributed by atoms with Crippen LogP contribution in [-0.4, -0.2) is 0 Å². The molecule has 6 aromatic carbocycles. The van der Waals surface area contributed by atoms with Crippen LogP contribution >= 0.6 is 11.3 Å². The molecular weight excluding hydrogens is 562 g/mol. The molecule has 8 rings (SSSR count). The smallest absolute Gasteiger partial charge is 0.136 e. The monoisotopic (exact) mass is 591 g/mol. The summed E-state index contributed by atoms with van der Waals surface area (Å²) in [4.78, 5) is 0. The van der Waals surface area contributed by atoms with Gasteiger partial charge in [0.25, 0.3) is 0 Å². The lowest BCUT2D eigenvalue weighted by atomic mass is 9.81. The fourth-order valence-corrected chi connectivity index (χ4v) is 7.48. The Morgan fingerprint density at radius 1 is 0.591 bits per heavy atom. The molecule has 0 unspecified atom stereocenters. The van der Waals surface area contributed by atoms with Crippen LogP contribution < -0.4 is 5.32 Å². The third-order valence-corrected chi connectivity index (χ3v) is 9.62. The average Bonchev–Trinajstić information content (AvgIpc) is 3.59. The highest BCUT2D eigenvalue weighted by molar-refractivity contribution is 7.25. The zero-order valence-corrected chi connectivity index (χ0v) is 25.6. The minimum atomic E-state index is -0.279. The summed E-state index contributed by atoms with van der Waals surface area (Å²) in [5.74, 6) is -0.279. The zero-order chi connectivity index (χ0) is 30.0. The molecule has 0 aliphatic heterocycles. The highest BCUT2D eigenvalue weighted by Crippen LogP contribution is 2.49. The van der Waals surface area contributed by atoms with E-state index in [-0.39, 0.29) is 11.2 Å². The first-order valence-electron chi connectivity index (χ1n) is 14.9. The molecule has 0 aliphatic carbocycles. The molecule has 0 saturated heterocycles. The van der Waals surface area contributed by atoms with E-state index in [0.29, 0.717) is 5.69 Å². The molecule has 0 amide bonds. The number of benzene rings is 6. The van der Waals surface area contributed by atoms with Gasteiger partial charge in [-0.2, -0.15) is 0 Å². The van der Waals surface area contributed by atoms with Crippen LogP contribution in [0.1, 0.15) is 26.3 Å². The van der Waals surface area contributed by atoms with Gasteiger partial charge in [0.1, 0.15) is 17.0 Å². The van der Waals surface area contributed by atoms with Crippen molar-refractivity contribution in [3.8, 4) is 22.3 Å². The number of nitrogens with one attached hydrogen (secondary N) is 1. The van der Waals surface area contributed by atoms with E-state index >= 15 is 0 Å². The van der Waals surface area contributed by atoms with Crippen LogP contribution in [0.25, 0.3) is 64.4 Å². The Morgan fingerprint density at radius 3 is 2.00 bits per heavy atom. The number of hydrogen-bond acceptors (Lipinski definition) is 3. The fourth-order valence-electron chi connectivity index (χ4n) is 6.34. The molecule has 44 heavy (non-hydrogen) atoms. The molecule has 2 nitrogen and oxygen atoms in total. The first-order chi connectivity index (χ1) is 21.3. The molecule has 4 heteroatoms. The number of halogens is 1. The van der Waals surface area contributed by atoms with Gasteiger partial charge in [-0.1, -0.05) is 87.5 Å². The van der Waals surface area contributed by atoms with Gasteiger partial charge in [0.15, 0.2) is 0 Å². The summed E-state index contributed by atoms with van der Waals surface area (Å²) >= 11 is 1.81. The standard InChI is InChI=1S/C40H30FNOS/c1-40(2,3)24-21-31(27-15-9-18-34-37(27)29-13-4-6-17-33(29)43-34)39(42-26-12-8-11-25(41)23-26)32(22-24)28-16-10-20-36-38(28)30-14-5-7-19-35(30)44-36/h4-23,42H,1-3H3. The second kappa shape index (κ2) is 10.1. The molecule has 0 bridgehead atoms. The molecule has 0 aliphatic rings. The van der Waals surface area contributed by atoms with Crippen LogP contribution in [-0.2, 0) is 5.41 Å². The maximum absolute atomic E-state index is 14.6. The van der Waals surface area contributed by atoms with Crippen molar-refractivity contribution in [1.29, 1.82) is 0 Å². The molecular formula is C40H30FNOS. The molecule has 0 fully saturated rings. The van der Waals surface area contributed by atoms with Crippen LogP contribution in [0.5, 0.6) is 0 Å². The van der Waals surface area contributed by atoms with Crippen molar-refractivity contribution in [2.24, 2.45) is 0 Å². The van der Waals surface area contributed by atoms with E-state index in [1.54, 1.807) is 12.1 Å². The van der Waals surface area contributed by atoms with Crippen molar-refractivity contribution >= 4 is 64.8 Å². The summed E-state index contributed by atoms with van der Waals surface area (Å²) in [6, 6.07) is 41.0. The van der Waals surface area contributed by atoms with E-state index < -0.39 is 0 Å². The molecule has 0 atom stereocenters. The van der Waals surface area contributed by atoms with Crippen LogP contribution in [0.15, 0.2) is 126 Å². The second-order valence-electron chi connectivity index (χ2n) is 12.4. The van der Waals surface area contributed by atoms with Crippen LogP contribution in [0.2, 0.25) is 0 Å². The van der Waals surface area contributed by atoms with Crippen LogP contribution in [0.4, 0.5) is 15.8 Å². The Hall–Kier alpha value is -4.93. The Labute approximate surface area is 259 Å². The van der Waals surface area contributed by atoms with Crippen molar-refractivity contribution in [2.45, 2.75) is 26.2 Å². The fraction of sp³-hybridized carbons (Fsp3) is 0.100. The number of hydrogen-bond donors (Lipinski definition) is 1. The Kier molecular flexibility index (Phi) is 6.11. The number of thiophene rings is 1. The van der Waals surface area contributed by atoms with Gasteiger partial charge in [0, 0.05) is 47.8 Å². The first kappa shape index (κ1) is 26.7. The van der Waals surface area contributed by atoms with Crippen molar-refractivity contribution in [2.75, 3.05) is 5.32 Å². The van der Waals surface area contributed by atoms with E-state index in [1.807, 2.05) is 35.6 Å². The van der Waals surface area contributed by atoms with Gasteiger partial charge in [-0.3, -0.25) is 0 Å². The maximum atomic E-state index is 14.6. The van der Waals surface area contributed by atoms with Crippen LogP contribution in [0, 0.1) is 5.82 Å². The Bertz CT molecular complexity index is 2240. The van der Waals surface area contributed by atoms with Gasteiger partial charge in [-0.25, -0.2) is 4.39 Å². The number of anilines is 2.